The summed E-state index contributed by atoms with van der Waals surface area (Å²) in [6.07, 6.45) is 3.41. The molecule has 24 heavy (non-hydrogen) atoms. The summed E-state index contributed by atoms with van der Waals surface area (Å²) < 4.78 is 16.7. The highest BCUT2D eigenvalue weighted by molar-refractivity contribution is 7.67. The summed E-state index contributed by atoms with van der Waals surface area (Å²) in [5.74, 6) is 1.77. The highest BCUT2D eigenvalue weighted by Crippen LogP contribution is 2.36. The molecule has 1 aromatic carbocycles. The Hall–Kier alpha value is -2.47. The molecule has 3 aromatic rings. The van der Waals surface area contributed by atoms with Crippen molar-refractivity contribution >= 4 is 27.2 Å². The van der Waals surface area contributed by atoms with Gasteiger partial charge in [-0.15, -0.1) is 0 Å². The fourth-order valence-corrected chi connectivity index (χ4v) is 3.94. The number of fused-ring (bicyclic) bond motifs is 2. The fourth-order valence-electron chi connectivity index (χ4n) is 3.39. The van der Waals surface area contributed by atoms with Crippen LogP contribution in [0.25, 0.3) is 11.0 Å². The van der Waals surface area contributed by atoms with Gasteiger partial charge in [0.1, 0.15) is 11.6 Å². The third-order valence-corrected chi connectivity index (χ3v) is 5.21. The van der Waals surface area contributed by atoms with Crippen LogP contribution >= 0.6 is 0 Å². The number of nitrogens with zero attached hydrogens (tertiary/aromatic N) is 2. The van der Waals surface area contributed by atoms with Crippen molar-refractivity contribution in [2.24, 2.45) is 0 Å². The first-order valence-corrected chi connectivity index (χ1v) is 8.60. The lowest BCUT2D eigenvalue weighted by Crippen LogP contribution is -2.21. The number of rotatable bonds is 2. The van der Waals surface area contributed by atoms with Gasteiger partial charge in [0.25, 0.3) is 0 Å². The lowest BCUT2D eigenvalue weighted by molar-refractivity contribution is 0.415. The second-order valence-corrected chi connectivity index (χ2v) is 6.65. The Morgan fingerprint density at radius 3 is 3.00 bits per heavy atom. The Kier molecular flexibility index (Phi) is 3.69. The smallest absolute Gasteiger partial charge is 0.121 e. The maximum Gasteiger partial charge on any atom is 0.121 e. The maximum atomic E-state index is 11.5. The average Bonchev–Trinajstić information content (AvgIpc) is 3.03. The van der Waals surface area contributed by atoms with E-state index in [-0.39, 0.29) is 5.92 Å². The molecule has 2 heterocycles. The Morgan fingerprint density at radius 2 is 2.21 bits per heavy atom. The standard InChI is InChI=1S/C18H17N3O2S/c1-10-7-8-19-17-12(4-6-15(24-22)16(10)17)18-20-13-5-3-11(23-2)9-14(13)21-18/h3,5,7-9,12H,4,6H2,1-2H3,(H,20,21). The SMILES string of the molecule is COc1ccc2nc(C3CCC(=S=O)c4c(C)ccnc43)[nH]c2c1. The van der Waals surface area contributed by atoms with Crippen LogP contribution in [0.15, 0.2) is 30.5 Å². The monoisotopic (exact) mass is 339 g/mol. The van der Waals surface area contributed by atoms with Gasteiger partial charge in [-0.1, -0.05) is 0 Å². The molecule has 1 N–H and O–H groups in total. The molecule has 0 aliphatic heterocycles. The van der Waals surface area contributed by atoms with E-state index in [2.05, 4.69) is 9.97 Å². The molecule has 0 spiro atoms. The van der Waals surface area contributed by atoms with Gasteiger partial charge in [0.2, 0.25) is 0 Å². The number of H-pyrrole nitrogens is 1. The van der Waals surface area contributed by atoms with E-state index in [1.807, 2.05) is 37.4 Å². The number of aryl methyl sites for hydroxylation is 1. The second kappa shape index (κ2) is 5.87. The molecule has 1 unspecified atom stereocenters. The summed E-state index contributed by atoms with van der Waals surface area (Å²) in [6.45, 7) is 2.03. The van der Waals surface area contributed by atoms with Gasteiger partial charge in [0.15, 0.2) is 0 Å². The number of nitrogens with one attached hydrogen (secondary N) is 1. The molecule has 6 heteroatoms. The zero-order chi connectivity index (χ0) is 16.7. The van der Waals surface area contributed by atoms with Gasteiger partial charge in [-0.2, -0.15) is 0 Å². The van der Waals surface area contributed by atoms with Crippen molar-refractivity contribution in [3.8, 4) is 5.75 Å². The Labute approximate surface area is 143 Å². The van der Waals surface area contributed by atoms with Gasteiger partial charge in [-0.3, -0.25) is 4.98 Å². The summed E-state index contributed by atoms with van der Waals surface area (Å²) in [4.78, 5) is 13.6. The van der Waals surface area contributed by atoms with Crippen molar-refractivity contribution in [1.29, 1.82) is 0 Å². The van der Waals surface area contributed by atoms with Crippen molar-refractivity contribution in [2.45, 2.75) is 25.7 Å². The normalized spacial score (nSPS) is 16.9. The van der Waals surface area contributed by atoms with Crippen molar-refractivity contribution < 1.29 is 8.95 Å². The quantitative estimate of drug-likeness (QED) is 0.729. The van der Waals surface area contributed by atoms with Crippen LogP contribution in [-0.4, -0.2) is 31.1 Å². The van der Waals surface area contributed by atoms with Crippen molar-refractivity contribution in [3.05, 3.63) is 53.1 Å². The summed E-state index contributed by atoms with van der Waals surface area (Å²) in [5, 5.41) is 0. The van der Waals surface area contributed by atoms with Crippen molar-refractivity contribution in [2.75, 3.05) is 7.11 Å². The predicted molar refractivity (Wildman–Crippen MR) is 94.9 cm³/mol. The minimum absolute atomic E-state index is 0.0780. The van der Waals surface area contributed by atoms with E-state index in [0.29, 0.717) is 11.3 Å². The van der Waals surface area contributed by atoms with Crippen molar-refractivity contribution in [3.63, 3.8) is 0 Å². The molecule has 0 amide bonds. The number of pyridine rings is 1. The van der Waals surface area contributed by atoms with Crippen LogP contribution < -0.4 is 4.74 Å². The molecular formula is C18H17N3O2S. The largest absolute Gasteiger partial charge is 0.497 e. The molecule has 1 aliphatic carbocycles. The number of imidazole rings is 1. The molecule has 2 aromatic heterocycles. The molecule has 5 nitrogen and oxygen atoms in total. The molecule has 0 radical (unpaired) electrons. The van der Waals surface area contributed by atoms with Crippen LogP contribution in [0.2, 0.25) is 0 Å². The lowest BCUT2D eigenvalue weighted by atomic mass is 9.84. The summed E-state index contributed by atoms with van der Waals surface area (Å²) >= 11 is 0.589. The van der Waals surface area contributed by atoms with Gasteiger partial charge in [-0.25, -0.2) is 9.19 Å². The predicted octanol–water partition coefficient (Wildman–Crippen LogP) is 2.93. The van der Waals surface area contributed by atoms with E-state index in [0.717, 1.165) is 57.1 Å². The first-order chi connectivity index (χ1) is 11.7. The summed E-state index contributed by atoms with van der Waals surface area (Å²) in [6, 6.07) is 7.77. The summed E-state index contributed by atoms with van der Waals surface area (Å²) in [5.41, 5.74) is 4.91. The maximum absolute atomic E-state index is 11.5. The lowest BCUT2D eigenvalue weighted by Gasteiger charge is -2.24. The van der Waals surface area contributed by atoms with E-state index in [1.54, 1.807) is 7.11 Å². The molecule has 0 bridgehead atoms. The van der Waals surface area contributed by atoms with Crippen LogP contribution in [0.1, 0.15) is 41.4 Å². The van der Waals surface area contributed by atoms with Crippen LogP contribution in [0, 0.1) is 6.92 Å². The average molecular weight is 339 g/mol. The van der Waals surface area contributed by atoms with Gasteiger partial charge in [0, 0.05) is 17.8 Å². The Morgan fingerprint density at radius 1 is 1.33 bits per heavy atom. The Bertz CT molecular complexity index is 989. The molecule has 0 fully saturated rings. The minimum atomic E-state index is 0.0780. The van der Waals surface area contributed by atoms with E-state index < -0.39 is 0 Å². The molecule has 1 aliphatic rings. The minimum Gasteiger partial charge on any atom is -0.497 e. The molecule has 0 saturated carbocycles. The highest BCUT2D eigenvalue weighted by Gasteiger charge is 2.30. The van der Waals surface area contributed by atoms with Gasteiger partial charge >= 0.3 is 0 Å². The van der Waals surface area contributed by atoms with Gasteiger partial charge in [0.05, 0.1) is 45.9 Å². The number of methoxy groups -OCH3 is 1. The number of hydrogen-bond donors (Lipinski definition) is 1. The Balaban J connectivity index is 1.86. The zero-order valence-electron chi connectivity index (χ0n) is 13.5. The molecular weight excluding hydrogens is 322 g/mol. The van der Waals surface area contributed by atoms with E-state index >= 15 is 0 Å². The number of aromatic nitrogens is 3. The topological polar surface area (TPSA) is 67.9 Å². The number of ether oxygens (including phenoxy) is 1. The van der Waals surface area contributed by atoms with Gasteiger partial charge < -0.3 is 9.72 Å². The first-order valence-electron chi connectivity index (χ1n) is 7.86. The number of aromatic amines is 1. The van der Waals surface area contributed by atoms with Crippen LogP contribution in [-0.2, 0) is 11.3 Å². The van der Waals surface area contributed by atoms with E-state index in [4.69, 9.17) is 9.72 Å². The summed E-state index contributed by atoms with van der Waals surface area (Å²) in [7, 11) is 1.65. The van der Waals surface area contributed by atoms with Crippen molar-refractivity contribution in [1.82, 2.24) is 15.0 Å². The molecule has 1 atom stereocenters. The van der Waals surface area contributed by atoms with Crippen LogP contribution in [0.3, 0.4) is 0 Å². The first kappa shape index (κ1) is 15.1. The second-order valence-electron chi connectivity index (χ2n) is 5.99. The van der Waals surface area contributed by atoms with Gasteiger partial charge in [-0.05, 0) is 43.5 Å². The van der Waals surface area contributed by atoms with Crippen LogP contribution in [0.4, 0.5) is 0 Å². The third-order valence-electron chi connectivity index (χ3n) is 4.60. The molecule has 122 valence electrons. The fraction of sp³-hybridized carbons (Fsp3) is 0.278. The molecule has 4 rings (SSSR count). The zero-order valence-corrected chi connectivity index (χ0v) is 14.3. The van der Waals surface area contributed by atoms with Crippen LogP contribution in [0.5, 0.6) is 5.75 Å². The third kappa shape index (κ3) is 2.34. The van der Waals surface area contributed by atoms with E-state index in [1.165, 1.54) is 0 Å². The molecule has 0 saturated heterocycles. The van der Waals surface area contributed by atoms with E-state index in [9.17, 15) is 4.21 Å². The number of hydrogen-bond acceptors (Lipinski definition) is 4. The highest BCUT2D eigenvalue weighted by atomic mass is 32.1. The number of benzene rings is 1.